The topological polar surface area (TPSA) is 38.3 Å². The van der Waals surface area contributed by atoms with E-state index in [4.69, 9.17) is 4.74 Å². The van der Waals surface area contributed by atoms with Gasteiger partial charge >= 0.3 is 6.09 Å². The first-order valence-corrected chi connectivity index (χ1v) is 7.78. The molecule has 0 saturated heterocycles. The van der Waals surface area contributed by atoms with Crippen molar-refractivity contribution in [2.24, 2.45) is 0 Å². The maximum Gasteiger partial charge on any atom is 0.407 e. The van der Waals surface area contributed by atoms with Gasteiger partial charge in [-0.1, -0.05) is 50.2 Å². The molecule has 122 valence electrons. The molecule has 0 unspecified atom stereocenters. The minimum Gasteiger partial charge on any atom is -0.445 e. The molecule has 1 N–H and O–H groups in total. The average molecular weight is 315 g/mol. The lowest BCUT2D eigenvalue weighted by Gasteiger charge is -2.09. The maximum atomic E-state index is 12.8. The van der Waals surface area contributed by atoms with Gasteiger partial charge in [-0.15, -0.1) is 0 Å². The Kier molecular flexibility index (Phi) is 6.15. The smallest absolute Gasteiger partial charge is 0.407 e. The van der Waals surface area contributed by atoms with E-state index < -0.39 is 6.09 Å². The minimum atomic E-state index is -0.444. The van der Waals surface area contributed by atoms with Gasteiger partial charge in [-0.25, -0.2) is 9.18 Å². The van der Waals surface area contributed by atoms with Gasteiger partial charge in [0.1, 0.15) is 12.4 Å². The van der Waals surface area contributed by atoms with Crippen molar-refractivity contribution in [3.05, 3.63) is 71.0 Å². The zero-order valence-electron chi connectivity index (χ0n) is 13.5. The largest absolute Gasteiger partial charge is 0.445 e. The third kappa shape index (κ3) is 5.74. The van der Waals surface area contributed by atoms with Crippen molar-refractivity contribution in [1.29, 1.82) is 0 Å². The van der Waals surface area contributed by atoms with Crippen LogP contribution in [0.1, 0.15) is 36.5 Å². The van der Waals surface area contributed by atoms with Gasteiger partial charge in [-0.3, -0.25) is 0 Å². The fourth-order valence-corrected chi connectivity index (χ4v) is 2.16. The highest BCUT2D eigenvalue weighted by atomic mass is 19.1. The van der Waals surface area contributed by atoms with Crippen LogP contribution >= 0.6 is 0 Å². The molecule has 0 aromatic heterocycles. The molecule has 23 heavy (non-hydrogen) atoms. The molecule has 2 aromatic carbocycles. The first-order valence-electron chi connectivity index (χ1n) is 7.78. The van der Waals surface area contributed by atoms with Gasteiger partial charge in [0, 0.05) is 6.54 Å². The predicted molar refractivity (Wildman–Crippen MR) is 88.8 cm³/mol. The molecule has 0 aliphatic heterocycles. The van der Waals surface area contributed by atoms with Crippen LogP contribution in [-0.2, 0) is 17.8 Å². The van der Waals surface area contributed by atoms with Crippen molar-refractivity contribution in [3.8, 4) is 0 Å². The molecule has 0 heterocycles. The van der Waals surface area contributed by atoms with Crippen molar-refractivity contribution in [3.63, 3.8) is 0 Å². The Morgan fingerprint density at radius 2 is 1.65 bits per heavy atom. The Morgan fingerprint density at radius 3 is 2.26 bits per heavy atom. The van der Waals surface area contributed by atoms with Crippen LogP contribution in [0.2, 0.25) is 0 Å². The zero-order chi connectivity index (χ0) is 16.7. The molecule has 4 heteroatoms. The summed E-state index contributed by atoms with van der Waals surface area (Å²) in [6.07, 6.45) is 0.193. The van der Waals surface area contributed by atoms with Crippen LogP contribution < -0.4 is 5.32 Å². The van der Waals surface area contributed by atoms with Crippen LogP contribution in [0.5, 0.6) is 0 Å². The molecule has 2 rings (SSSR count). The SMILES string of the molecule is CC(C)c1ccc(COC(=O)NCCc2ccc(F)cc2)cc1. The third-order valence-corrected chi connectivity index (χ3v) is 3.61. The molecular weight excluding hydrogens is 293 g/mol. The Balaban J connectivity index is 1.69. The van der Waals surface area contributed by atoms with E-state index in [0.717, 1.165) is 11.1 Å². The molecule has 2 aromatic rings. The van der Waals surface area contributed by atoms with Crippen LogP contribution in [-0.4, -0.2) is 12.6 Å². The molecule has 0 radical (unpaired) electrons. The first-order chi connectivity index (χ1) is 11.0. The third-order valence-electron chi connectivity index (χ3n) is 3.61. The number of hydrogen-bond donors (Lipinski definition) is 1. The Morgan fingerprint density at radius 1 is 1.04 bits per heavy atom. The van der Waals surface area contributed by atoms with E-state index >= 15 is 0 Å². The summed E-state index contributed by atoms with van der Waals surface area (Å²) in [6.45, 7) is 4.98. The van der Waals surface area contributed by atoms with Gasteiger partial charge in [-0.05, 0) is 41.2 Å². The normalized spacial score (nSPS) is 10.6. The molecule has 0 aliphatic rings. The van der Waals surface area contributed by atoms with Crippen LogP contribution in [0.4, 0.5) is 9.18 Å². The first kappa shape index (κ1) is 17.0. The van der Waals surface area contributed by atoms with E-state index in [0.29, 0.717) is 18.9 Å². The molecule has 0 bridgehead atoms. The van der Waals surface area contributed by atoms with Gasteiger partial charge in [0.15, 0.2) is 0 Å². The van der Waals surface area contributed by atoms with Gasteiger partial charge in [0.25, 0.3) is 0 Å². The van der Waals surface area contributed by atoms with Crippen molar-refractivity contribution < 1.29 is 13.9 Å². The number of nitrogens with one attached hydrogen (secondary N) is 1. The Bertz CT molecular complexity index is 621. The van der Waals surface area contributed by atoms with Gasteiger partial charge in [0.05, 0.1) is 0 Å². The number of rotatable bonds is 6. The van der Waals surface area contributed by atoms with Crippen LogP contribution in [0.25, 0.3) is 0 Å². The molecular formula is C19H22FNO2. The fourth-order valence-electron chi connectivity index (χ4n) is 2.16. The van der Waals surface area contributed by atoms with Crippen molar-refractivity contribution in [2.75, 3.05) is 6.54 Å². The quantitative estimate of drug-likeness (QED) is 0.857. The number of benzene rings is 2. The van der Waals surface area contributed by atoms with E-state index in [1.54, 1.807) is 12.1 Å². The van der Waals surface area contributed by atoms with Crippen LogP contribution in [0.15, 0.2) is 48.5 Å². The summed E-state index contributed by atoms with van der Waals surface area (Å²) in [5, 5.41) is 2.69. The summed E-state index contributed by atoms with van der Waals surface area (Å²) in [4.78, 5) is 11.6. The average Bonchev–Trinajstić information content (AvgIpc) is 2.55. The highest BCUT2D eigenvalue weighted by Crippen LogP contribution is 2.15. The monoisotopic (exact) mass is 315 g/mol. The van der Waals surface area contributed by atoms with E-state index in [9.17, 15) is 9.18 Å². The molecule has 0 fully saturated rings. The summed E-state index contributed by atoms with van der Waals surface area (Å²) >= 11 is 0. The Labute approximate surface area is 136 Å². The second kappa shape index (κ2) is 8.32. The fraction of sp³-hybridized carbons (Fsp3) is 0.316. The number of ether oxygens (including phenoxy) is 1. The van der Waals surface area contributed by atoms with Gasteiger partial charge < -0.3 is 10.1 Å². The van der Waals surface area contributed by atoms with E-state index in [1.807, 2.05) is 12.1 Å². The number of carbonyl (C=O) groups excluding carboxylic acids is 1. The van der Waals surface area contributed by atoms with E-state index in [1.165, 1.54) is 17.7 Å². The van der Waals surface area contributed by atoms with Gasteiger partial charge in [-0.2, -0.15) is 0 Å². The summed E-state index contributed by atoms with van der Waals surface area (Å²) in [5.41, 5.74) is 3.19. The standard InChI is InChI=1S/C19H22FNO2/c1-14(2)17-7-3-16(4-8-17)13-23-19(22)21-12-11-15-5-9-18(20)10-6-15/h3-10,14H,11-13H2,1-2H3,(H,21,22). The number of alkyl carbamates (subject to hydrolysis) is 1. The minimum absolute atomic E-state index is 0.251. The van der Waals surface area contributed by atoms with E-state index in [-0.39, 0.29) is 12.4 Å². The zero-order valence-corrected chi connectivity index (χ0v) is 13.5. The molecule has 3 nitrogen and oxygen atoms in total. The lowest BCUT2D eigenvalue weighted by molar-refractivity contribution is 0.140. The lowest BCUT2D eigenvalue weighted by atomic mass is 10.0. The van der Waals surface area contributed by atoms with Crippen LogP contribution in [0.3, 0.4) is 0 Å². The summed E-state index contributed by atoms with van der Waals surface area (Å²) in [6, 6.07) is 14.3. The highest BCUT2D eigenvalue weighted by molar-refractivity contribution is 5.67. The predicted octanol–water partition coefficient (Wildman–Crippen LogP) is 4.42. The van der Waals surface area contributed by atoms with E-state index in [2.05, 4.69) is 31.3 Å². The lowest BCUT2D eigenvalue weighted by Crippen LogP contribution is -2.26. The van der Waals surface area contributed by atoms with Crippen molar-refractivity contribution in [2.45, 2.75) is 32.8 Å². The molecule has 1 amide bonds. The highest BCUT2D eigenvalue weighted by Gasteiger charge is 2.04. The number of carbonyl (C=O) groups is 1. The Hall–Kier alpha value is -2.36. The molecule has 0 saturated carbocycles. The molecule has 0 atom stereocenters. The molecule has 0 spiro atoms. The van der Waals surface area contributed by atoms with Crippen LogP contribution in [0, 0.1) is 5.82 Å². The second-order valence-corrected chi connectivity index (χ2v) is 5.78. The van der Waals surface area contributed by atoms with Gasteiger partial charge in [0.2, 0.25) is 0 Å². The summed E-state index contributed by atoms with van der Waals surface area (Å²) in [7, 11) is 0. The summed E-state index contributed by atoms with van der Waals surface area (Å²) < 4.78 is 18.0. The van der Waals surface area contributed by atoms with Crippen molar-refractivity contribution >= 4 is 6.09 Å². The maximum absolute atomic E-state index is 12.8. The number of halogens is 1. The van der Waals surface area contributed by atoms with Crippen molar-refractivity contribution in [1.82, 2.24) is 5.32 Å². The number of amides is 1. The molecule has 0 aliphatic carbocycles. The number of hydrogen-bond acceptors (Lipinski definition) is 2. The summed E-state index contributed by atoms with van der Waals surface area (Å²) in [5.74, 6) is 0.226. The second-order valence-electron chi connectivity index (χ2n) is 5.78.